The van der Waals surface area contributed by atoms with E-state index in [0.717, 1.165) is 22.7 Å². The molecule has 0 fully saturated rings. The third kappa shape index (κ3) is 5.02. The molecular formula is C51H38N2. The molecule has 0 aliphatic heterocycles. The smallest absolute Gasteiger partial charge is 0.0561 e. The second-order valence-electron chi connectivity index (χ2n) is 14.6. The minimum absolute atomic E-state index is 0.0384. The summed E-state index contributed by atoms with van der Waals surface area (Å²) in [6.07, 6.45) is 0. The second kappa shape index (κ2) is 12.3. The summed E-state index contributed by atoms with van der Waals surface area (Å²) >= 11 is 0. The lowest BCUT2D eigenvalue weighted by Gasteiger charge is -2.27. The minimum atomic E-state index is -0.0384. The van der Waals surface area contributed by atoms with Gasteiger partial charge in [-0.15, -0.1) is 0 Å². The van der Waals surface area contributed by atoms with Crippen molar-refractivity contribution in [2.45, 2.75) is 19.3 Å². The van der Waals surface area contributed by atoms with E-state index in [1.54, 1.807) is 0 Å². The van der Waals surface area contributed by atoms with Crippen LogP contribution in [0.1, 0.15) is 25.0 Å². The van der Waals surface area contributed by atoms with Gasteiger partial charge in [0.15, 0.2) is 0 Å². The number of nitrogens with zero attached hydrogens (tertiary/aromatic N) is 2. The van der Waals surface area contributed by atoms with Crippen LogP contribution in [0.3, 0.4) is 0 Å². The summed E-state index contributed by atoms with van der Waals surface area (Å²) in [5, 5.41) is 2.49. The highest BCUT2D eigenvalue weighted by atomic mass is 15.1. The molecule has 0 saturated heterocycles. The van der Waals surface area contributed by atoms with Crippen molar-refractivity contribution in [3.05, 3.63) is 205 Å². The van der Waals surface area contributed by atoms with Gasteiger partial charge in [0.25, 0.3) is 0 Å². The van der Waals surface area contributed by atoms with Gasteiger partial charge in [0.05, 0.1) is 11.0 Å². The van der Waals surface area contributed by atoms with E-state index in [1.807, 2.05) is 0 Å². The average Bonchev–Trinajstić information content (AvgIpc) is 3.67. The molecule has 0 radical (unpaired) electrons. The Morgan fingerprint density at radius 3 is 1.83 bits per heavy atom. The average molecular weight is 679 g/mol. The first-order chi connectivity index (χ1) is 26.1. The first kappa shape index (κ1) is 31.1. The lowest BCUT2D eigenvalue weighted by atomic mass is 9.82. The molecule has 1 aliphatic rings. The van der Waals surface area contributed by atoms with E-state index < -0.39 is 0 Å². The molecule has 0 saturated carbocycles. The number of para-hydroxylation sites is 2. The molecule has 1 aliphatic carbocycles. The van der Waals surface area contributed by atoms with Gasteiger partial charge >= 0.3 is 0 Å². The number of hydrogen-bond acceptors (Lipinski definition) is 1. The summed E-state index contributed by atoms with van der Waals surface area (Å²) in [5.41, 5.74) is 17.2. The molecule has 8 aromatic carbocycles. The van der Waals surface area contributed by atoms with E-state index in [0.29, 0.717) is 0 Å². The Labute approximate surface area is 310 Å². The summed E-state index contributed by atoms with van der Waals surface area (Å²) in [6.45, 7) is 4.69. The maximum Gasteiger partial charge on any atom is 0.0561 e. The normalized spacial score (nSPS) is 12.9. The van der Waals surface area contributed by atoms with Crippen LogP contribution in [0, 0.1) is 0 Å². The molecule has 53 heavy (non-hydrogen) atoms. The first-order valence-corrected chi connectivity index (χ1v) is 18.4. The quantitative estimate of drug-likeness (QED) is 0.170. The molecular weight excluding hydrogens is 641 g/mol. The van der Waals surface area contributed by atoms with E-state index >= 15 is 0 Å². The maximum absolute atomic E-state index is 2.40. The number of fused-ring (bicyclic) bond motifs is 6. The van der Waals surface area contributed by atoms with Gasteiger partial charge < -0.3 is 9.47 Å². The summed E-state index contributed by atoms with van der Waals surface area (Å²) in [6, 6.07) is 70.8. The Bertz CT molecular complexity index is 2790. The Kier molecular flexibility index (Phi) is 7.19. The highest BCUT2D eigenvalue weighted by Crippen LogP contribution is 2.52. The molecule has 0 N–H and O–H groups in total. The van der Waals surface area contributed by atoms with Gasteiger partial charge in [0.2, 0.25) is 0 Å². The van der Waals surface area contributed by atoms with Crippen LogP contribution in [0.2, 0.25) is 0 Å². The minimum Gasteiger partial charge on any atom is -0.310 e. The van der Waals surface area contributed by atoms with Gasteiger partial charge in [-0.25, -0.2) is 0 Å². The monoisotopic (exact) mass is 678 g/mol. The Hall–Kier alpha value is -6.64. The van der Waals surface area contributed by atoms with E-state index in [2.05, 4.69) is 217 Å². The van der Waals surface area contributed by atoms with Crippen molar-refractivity contribution in [2.24, 2.45) is 0 Å². The van der Waals surface area contributed by atoms with E-state index in [-0.39, 0.29) is 5.41 Å². The van der Waals surface area contributed by atoms with E-state index in [9.17, 15) is 0 Å². The molecule has 252 valence electrons. The zero-order valence-electron chi connectivity index (χ0n) is 29.9. The van der Waals surface area contributed by atoms with E-state index in [4.69, 9.17) is 0 Å². The van der Waals surface area contributed by atoms with Crippen LogP contribution in [0.25, 0.3) is 60.9 Å². The number of aromatic nitrogens is 1. The summed E-state index contributed by atoms with van der Waals surface area (Å²) < 4.78 is 2.39. The van der Waals surface area contributed by atoms with Gasteiger partial charge in [-0.05, 0) is 99.1 Å². The van der Waals surface area contributed by atoms with Crippen molar-refractivity contribution in [1.29, 1.82) is 0 Å². The molecule has 0 spiro atoms. The standard InChI is InChI=1S/C51H38N2/c1-51(2)46-24-11-9-22-45(46)50-42(23-14-25-47(50)51)36-27-29-39(30-28-36)52(40-20-13-17-37(33-40)35-15-5-3-6-16-35)41-31-32-44-43-21-10-12-26-48(43)53(49(44)34-41)38-18-7-4-8-19-38/h3-34H,1-2H3. The summed E-state index contributed by atoms with van der Waals surface area (Å²) in [7, 11) is 0. The summed E-state index contributed by atoms with van der Waals surface area (Å²) in [4.78, 5) is 2.40. The van der Waals surface area contributed by atoms with Crippen molar-refractivity contribution in [3.8, 4) is 39.1 Å². The second-order valence-corrected chi connectivity index (χ2v) is 14.6. The van der Waals surface area contributed by atoms with Crippen LogP contribution in [0.4, 0.5) is 17.1 Å². The number of hydrogen-bond donors (Lipinski definition) is 0. The zero-order valence-corrected chi connectivity index (χ0v) is 29.9. The van der Waals surface area contributed by atoms with Crippen molar-refractivity contribution >= 4 is 38.9 Å². The largest absolute Gasteiger partial charge is 0.310 e. The lowest BCUT2D eigenvalue weighted by molar-refractivity contribution is 0.660. The fraction of sp³-hybridized carbons (Fsp3) is 0.0588. The molecule has 1 aromatic heterocycles. The highest BCUT2D eigenvalue weighted by Gasteiger charge is 2.36. The van der Waals surface area contributed by atoms with Crippen LogP contribution in [-0.2, 0) is 5.41 Å². The van der Waals surface area contributed by atoms with Gasteiger partial charge in [-0.1, -0.05) is 153 Å². The number of benzene rings is 8. The topological polar surface area (TPSA) is 8.17 Å². The molecule has 0 bridgehead atoms. The van der Waals surface area contributed by atoms with Crippen molar-refractivity contribution in [2.75, 3.05) is 4.90 Å². The third-order valence-corrected chi connectivity index (χ3v) is 11.2. The molecule has 2 heteroatoms. The van der Waals surface area contributed by atoms with E-state index in [1.165, 1.54) is 66.3 Å². The predicted octanol–water partition coefficient (Wildman–Crippen LogP) is 13.9. The van der Waals surface area contributed by atoms with Crippen LogP contribution in [-0.4, -0.2) is 4.57 Å². The third-order valence-electron chi connectivity index (χ3n) is 11.2. The van der Waals surface area contributed by atoms with Gasteiger partial charge in [-0.2, -0.15) is 0 Å². The van der Waals surface area contributed by atoms with Gasteiger partial charge in [0.1, 0.15) is 0 Å². The zero-order chi connectivity index (χ0) is 35.5. The van der Waals surface area contributed by atoms with Crippen molar-refractivity contribution in [3.63, 3.8) is 0 Å². The maximum atomic E-state index is 2.40. The van der Waals surface area contributed by atoms with Crippen molar-refractivity contribution < 1.29 is 0 Å². The van der Waals surface area contributed by atoms with Crippen LogP contribution in [0.5, 0.6) is 0 Å². The molecule has 0 amide bonds. The van der Waals surface area contributed by atoms with Gasteiger partial charge in [-0.3, -0.25) is 0 Å². The first-order valence-electron chi connectivity index (χ1n) is 18.4. The van der Waals surface area contributed by atoms with Crippen LogP contribution in [0.15, 0.2) is 194 Å². The highest BCUT2D eigenvalue weighted by molar-refractivity contribution is 6.10. The molecule has 10 rings (SSSR count). The molecule has 2 nitrogen and oxygen atoms in total. The molecule has 1 heterocycles. The molecule has 0 unspecified atom stereocenters. The van der Waals surface area contributed by atoms with Crippen LogP contribution < -0.4 is 4.90 Å². The SMILES string of the molecule is CC1(C)c2ccccc2-c2c(-c3ccc(N(c4cccc(-c5ccccc5)c4)c4ccc5c6ccccc6n(-c6ccccc6)c5c4)cc3)cccc21. The van der Waals surface area contributed by atoms with Crippen LogP contribution >= 0.6 is 0 Å². The summed E-state index contributed by atoms with van der Waals surface area (Å²) in [5.74, 6) is 0. The fourth-order valence-corrected chi connectivity index (χ4v) is 8.64. The fourth-order valence-electron chi connectivity index (χ4n) is 8.64. The Morgan fingerprint density at radius 1 is 0.396 bits per heavy atom. The Balaban J connectivity index is 1.15. The van der Waals surface area contributed by atoms with Gasteiger partial charge in [0, 0.05) is 38.9 Å². The number of rotatable bonds is 6. The predicted molar refractivity (Wildman–Crippen MR) is 224 cm³/mol. The number of anilines is 3. The Morgan fingerprint density at radius 2 is 1.00 bits per heavy atom. The molecule has 0 atom stereocenters. The lowest BCUT2D eigenvalue weighted by Crippen LogP contribution is -2.14. The molecule has 9 aromatic rings. The van der Waals surface area contributed by atoms with Crippen molar-refractivity contribution in [1.82, 2.24) is 4.57 Å².